The number of amides is 3. The number of nitrogens with zero attached hydrogens (tertiary/aromatic N) is 1. The van der Waals surface area contributed by atoms with Crippen molar-refractivity contribution < 1.29 is 9.59 Å². The second kappa shape index (κ2) is 4.22. The summed E-state index contributed by atoms with van der Waals surface area (Å²) < 4.78 is 0. The smallest absolute Gasteiger partial charge is 0.330 e. The van der Waals surface area contributed by atoms with Crippen molar-refractivity contribution in [3.8, 4) is 0 Å². The molecule has 0 atom stereocenters. The maximum atomic E-state index is 11.3. The summed E-state index contributed by atoms with van der Waals surface area (Å²) in [6.07, 6.45) is 1.58. The van der Waals surface area contributed by atoms with Gasteiger partial charge in [0.05, 0.1) is 11.3 Å². The van der Waals surface area contributed by atoms with Crippen molar-refractivity contribution in [3.63, 3.8) is 0 Å². The highest BCUT2D eigenvalue weighted by Gasteiger charge is 2.08. The number of hydrogen-bond donors (Lipinski definition) is 3. The molecule has 6 heteroatoms. The van der Waals surface area contributed by atoms with Crippen LogP contribution in [-0.2, 0) is 0 Å². The number of rotatable bonds is 1. The van der Waals surface area contributed by atoms with Crippen LogP contribution in [0.2, 0.25) is 0 Å². The number of aryl methyl sites for hydroxylation is 1. The summed E-state index contributed by atoms with van der Waals surface area (Å²) in [5.41, 5.74) is 9.86. The Hall–Kier alpha value is -2.11. The van der Waals surface area contributed by atoms with Gasteiger partial charge in [-0.15, -0.1) is 0 Å². The summed E-state index contributed by atoms with van der Waals surface area (Å²) in [5, 5.41) is 0. The third-order valence-electron chi connectivity index (χ3n) is 1.55. The van der Waals surface area contributed by atoms with E-state index in [2.05, 4.69) is 10.4 Å². The number of hydrazine groups is 1. The maximum absolute atomic E-state index is 11.3. The third kappa shape index (κ3) is 2.44. The van der Waals surface area contributed by atoms with Gasteiger partial charge in [0.2, 0.25) is 0 Å². The SMILES string of the molecule is Cc1ncccc1C(=O)NNC(N)=O. The highest BCUT2D eigenvalue weighted by molar-refractivity contribution is 5.95. The average molecular weight is 194 g/mol. The number of nitrogens with two attached hydrogens (primary N) is 1. The van der Waals surface area contributed by atoms with Gasteiger partial charge in [-0.3, -0.25) is 15.2 Å². The van der Waals surface area contributed by atoms with Gasteiger partial charge in [0.1, 0.15) is 0 Å². The molecule has 6 nitrogen and oxygen atoms in total. The minimum absolute atomic E-state index is 0.390. The number of hydrogen-bond acceptors (Lipinski definition) is 3. The fraction of sp³-hybridized carbons (Fsp3) is 0.125. The molecule has 0 aliphatic carbocycles. The van der Waals surface area contributed by atoms with Gasteiger partial charge in [-0.1, -0.05) is 0 Å². The molecule has 0 fully saturated rings. The molecule has 1 heterocycles. The number of nitrogens with one attached hydrogen (secondary N) is 2. The number of aromatic nitrogens is 1. The second-order valence-electron chi connectivity index (χ2n) is 2.58. The molecule has 0 aliphatic heterocycles. The molecule has 0 radical (unpaired) electrons. The van der Waals surface area contributed by atoms with Crippen molar-refractivity contribution in [2.24, 2.45) is 5.73 Å². The fourth-order valence-corrected chi connectivity index (χ4v) is 0.910. The van der Waals surface area contributed by atoms with Crippen molar-refractivity contribution in [1.29, 1.82) is 0 Å². The molecule has 14 heavy (non-hydrogen) atoms. The lowest BCUT2D eigenvalue weighted by Gasteiger charge is -2.05. The van der Waals surface area contributed by atoms with Crippen molar-refractivity contribution in [2.45, 2.75) is 6.92 Å². The lowest BCUT2D eigenvalue weighted by Crippen LogP contribution is -2.44. The zero-order valence-electron chi connectivity index (χ0n) is 7.57. The molecule has 0 saturated heterocycles. The molecule has 1 rings (SSSR count). The Morgan fingerprint density at radius 2 is 2.14 bits per heavy atom. The summed E-state index contributed by atoms with van der Waals surface area (Å²) in [4.78, 5) is 25.6. The van der Waals surface area contributed by atoms with Crippen molar-refractivity contribution in [3.05, 3.63) is 29.6 Å². The molecule has 0 aromatic carbocycles. The van der Waals surface area contributed by atoms with Gasteiger partial charge in [-0.2, -0.15) is 0 Å². The predicted molar refractivity (Wildman–Crippen MR) is 49.2 cm³/mol. The molecule has 4 N–H and O–H groups in total. The highest BCUT2D eigenvalue weighted by Crippen LogP contribution is 2.01. The second-order valence-corrected chi connectivity index (χ2v) is 2.58. The van der Waals surface area contributed by atoms with E-state index in [0.717, 1.165) is 0 Å². The first-order valence-corrected chi connectivity index (χ1v) is 3.88. The van der Waals surface area contributed by atoms with E-state index in [4.69, 9.17) is 5.73 Å². The Bertz CT molecular complexity index is 364. The van der Waals surface area contributed by atoms with Crippen LogP contribution in [0.25, 0.3) is 0 Å². The van der Waals surface area contributed by atoms with E-state index in [1.54, 1.807) is 25.3 Å². The average Bonchev–Trinajstić information content (AvgIpc) is 2.15. The molecule has 0 spiro atoms. The summed E-state index contributed by atoms with van der Waals surface area (Å²) in [7, 11) is 0. The molecule has 0 aliphatic rings. The van der Waals surface area contributed by atoms with Gasteiger partial charge in [-0.25, -0.2) is 10.2 Å². The minimum Gasteiger partial charge on any atom is -0.350 e. The molecular weight excluding hydrogens is 184 g/mol. The Morgan fingerprint density at radius 3 is 2.71 bits per heavy atom. The molecule has 0 unspecified atom stereocenters. The van der Waals surface area contributed by atoms with Gasteiger partial charge in [0.15, 0.2) is 0 Å². The van der Waals surface area contributed by atoms with E-state index in [1.807, 2.05) is 5.43 Å². The predicted octanol–water partition coefficient (Wildman–Crippen LogP) is -0.297. The summed E-state index contributed by atoms with van der Waals surface area (Å²) >= 11 is 0. The zero-order chi connectivity index (χ0) is 10.6. The summed E-state index contributed by atoms with van der Waals surface area (Å²) in [6.45, 7) is 1.69. The van der Waals surface area contributed by atoms with Crippen LogP contribution in [0, 0.1) is 6.92 Å². The number of pyridine rings is 1. The van der Waals surface area contributed by atoms with E-state index >= 15 is 0 Å². The van der Waals surface area contributed by atoms with Crippen LogP contribution in [0.3, 0.4) is 0 Å². The van der Waals surface area contributed by atoms with Crippen LogP contribution < -0.4 is 16.6 Å². The molecule has 0 bridgehead atoms. The van der Waals surface area contributed by atoms with Crippen molar-refractivity contribution in [1.82, 2.24) is 15.8 Å². The molecule has 74 valence electrons. The molecule has 0 saturated carbocycles. The van der Waals surface area contributed by atoms with Gasteiger partial charge < -0.3 is 5.73 Å². The van der Waals surface area contributed by atoms with Gasteiger partial charge >= 0.3 is 6.03 Å². The van der Waals surface area contributed by atoms with E-state index in [9.17, 15) is 9.59 Å². The highest BCUT2D eigenvalue weighted by atomic mass is 16.2. The van der Waals surface area contributed by atoms with Crippen molar-refractivity contribution >= 4 is 11.9 Å². The Kier molecular flexibility index (Phi) is 3.01. The van der Waals surface area contributed by atoms with E-state index in [0.29, 0.717) is 11.3 Å². The standard InChI is InChI=1S/C8H10N4O2/c1-5-6(3-2-4-10-5)7(13)11-12-8(9)14/h2-4H,1H3,(H,11,13)(H3,9,12,14). The van der Waals surface area contributed by atoms with E-state index < -0.39 is 11.9 Å². The lowest BCUT2D eigenvalue weighted by atomic mass is 10.2. The first-order chi connectivity index (χ1) is 6.61. The normalized spacial score (nSPS) is 9.21. The zero-order valence-corrected chi connectivity index (χ0v) is 7.57. The van der Waals surface area contributed by atoms with Crippen LogP contribution in [0.5, 0.6) is 0 Å². The van der Waals surface area contributed by atoms with Crippen molar-refractivity contribution in [2.75, 3.05) is 0 Å². The first kappa shape index (κ1) is 9.97. The van der Waals surface area contributed by atoms with E-state index in [1.165, 1.54) is 0 Å². The van der Waals surface area contributed by atoms with Crippen LogP contribution in [0.1, 0.15) is 16.1 Å². The van der Waals surface area contributed by atoms with Crippen LogP contribution >= 0.6 is 0 Å². The van der Waals surface area contributed by atoms with Gasteiger partial charge in [0.25, 0.3) is 5.91 Å². The first-order valence-electron chi connectivity index (χ1n) is 3.88. The van der Waals surface area contributed by atoms with E-state index in [-0.39, 0.29) is 0 Å². The Balaban J connectivity index is 2.70. The molecule has 1 aromatic rings. The largest absolute Gasteiger partial charge is 0.350 e. The molecule has 1 aromatic heterocycles. The number of urea groups is 1. The fourth-order valence-electron chi connectivity index (χ4n) is 0.910. The van der Waals surface area contributed by atoms with Crippen LogP contribution in [-0.4, -0.2) is 16.9 Å². The lowest BCUT2D eigenvalue weighted by molar-refractivity contribution is 0.0936. The minimum atomic E-state index is -0.820. The third-order valence-corrected chi connectivity index (χ3v) is 1.55. The molecular formula is C8H10N4O2. The molecule has 3 amide bonds. The Morgan fingerprint density at radius 1 is 1.43 bits per heavy atom. The topological polar surface area (TPSA) is 97.1 Å². The monoisotopic (exact) mass is 194 g/mol. The van der Waals surface area contributed by atoms with Crippen LogP contribution in [0.4, 0.5) is 4.79 Å². The summed E-state index contributed by atoms with van der Waals surface area (Å²) in [6, 6.07) is 2.41. The quantitative estimate of drug-likeness (QED) is 0.535. The van der Waals surface area contributed by atoms with Crippen LogP contribution in [0.15, 0.2) is 18.3 Å². The maximum Gasteiger partial charge on any atom is 0.330 e. The summed E-state index contributed by atoms with van der Waals surface area (Å²) in [5.74, 6) is -0.450. The Labute approximate surface area is 80.5 Å². The number of primary amides is 1. The number of carbonyl (C=O) groups excluding carboxylic acids is 2. The number of carbonyl (C=O) groups is 2. The van der Waals surface area contributed by atoms with Gasteiger partial charge in [0, 0.05) is 6.20 Å². The van der Waals surface area contributed by atoms with Gasteiger partial charge in [-0.05, 0) is 19.1 Å².